The molecule has 24 heavy (non-hydrogen) atoms. The van der Waals surface area contributed by atoms with Gasteiger partial charge in [0.25, 0.3) is 5.69 Å². The molecule has 0 aliphatic carbocycles. The number of aromatic hydroxyl groups is 1. The summed E-state index contributed by atoms with van der Waals surface area (Å²) in [6, 6.07) is 8.17. The van der Waals surface area contributed by atoms with Gasteiger partial charge in [-0.05, 0) is 32.0 Å². The molecule has 0 saturated carbocycles. The van der Waals surface area contributed by atoms with Gasteiger partial charge in [-0.1, -0.05) is 0 Å². The Kier molecular flexibility index (Phi) is 5.67. The van der Waals surface area contributed by atoms with Crippen molar-refractivity contribution in [1.82, 2.24) is 4.98 Å². The van der Waals surface area contributed by atoms with Crippen molar-refractivity contribution < 1.29 is 10.0 Å². The molecule has 8 heteroatoms. The number of nitro groups is 1. The molecule has 8 nitrogen and oxygen atoms in total. The zero-order chi connectivity index (χ0) is 17.5. The van der Waals surface area contributed by atoms with Crippen molar-refractivity contribution in [1.29, 1.82) is 0 Å². The van der Waals surface area contributed by atoms with Gasteiger partial charge in [-0.3, -0.25) is 15.5 Å². The number of nitrogens with one attached hydrogen (secondary N) is 1. The van der Waals surface area contributed by atoms with E-state index in [1.54, 1.807) is 12.1 Å². The third kappa shape index (κ3) is 4.19. The van der Waals surface area contributed by atoms with Gasteiger partial charge in [0.15, 0.2) is 0 Å². The van der Waals surface area contributed by atoms with Crippen molar-refractivity contribution in [2.45, 2.75) is 13.8 Å². The maximum Gasteiger partial charge on any atom is 0.287 e. The fraction of sp³-hybridized carbons (Fsp3) is 0.250. The van der Waals surface area contributed by atoms with Gasteiger partial charge in [0.2, 0.25) is 0 Å². The zero-order valence-electron chi connectivity index (χ0n) is 13.5. The highest BCUT2D eigenvalue weighted by Gasteiger charge is 2.06. The smallest absolute Gasteiger partial charge is 0.287 e. The van der Waals surface area contributed by atoms with Crippen molar-refractivity contribution in [3.05, 3.63) is 52.2 Å². The highest BCUT2D eigenvalue weighted by Crippen LogP contribution is 2.23. The monoisotopic (exact) mass is 329 g/mol. The maximum atomic E-state index is 10.6. The fourth-order valence-electron chi connectivity index (χ4n) is 2.15. The number of benzene rings is 1. The van der Waals surface area contributed by atoms with Crippen LogP contribution in [0.5, 0.6) is 5.75 Å². The van der Waals surface area contributed by atoms with Gasteiger partial charge < -0.3 is 10.0 Å². The Bertz CT molecular complexity index is 727. The van der Waals surface area contributed by atoms with E-state index in [2.05, 4.69) is 34.3 Å². The molecule has 2 rings (SSSR count). The second-order valence-corrected chi connectivity index (χ2v) is 4.94. The van der Waals surface area contributed by atoms with Crippen molar-refractivity contribution in [3.63, 3.8) is 0 Å². The molecule has 0 saturated heterocycles. The lowest BCUT2D eigenvalue weighted by Gasteiger charge is -2.21. The van der Waals surface area contributed by atoms with Crippen molar-refractivity contribution >= 4 is 23.4 Å². The molecule has 2 N–H and O–H groups in total. The third-order valence-corrected chi connectivity index (χ3v) is 3.48. The molecule has 0 radical (unpaired) electrons. The predicted molar refractivity (Wildman–Crippen MR) is 93.8 cm³/mol. The molecule has 0 amide bonds. The summed E-state index contributed by atoms with van der Waals surface area (Å²) >= 11 is 0. The van der Waals surface area contributed by atoms with E-state index in [9.17, 15) is 15.2 Å². The Hall–Kier alpha value is -3.16. The number of hydrogen-bond acceptors (Lipinski definition) is 7. The fourth-order valence-corrected chi connectivity index (χ4v) is 2.15. The largest absolute Gasteiger partial charge is 0.507 e. The predicted octanol–water partition coefficient (Wildman–Crippen LogP) is 2.99. The maximum absolute atomic E-state index is 10.6. The first-order chi connectivity index (χ1) is 11.5. The van der Waals surface area contributed by atoms with Crippen LogP contribution < -0.4 is 10.3 Å². The van der Waals surface area contributed by atoms with Crippen molar-refractivity contribution in [2.24, 2.45) is 5.10 Å². The molecular weight excluding hydrogens is 310 g/mol. The standard InChI is InChI=1S/C16H19N5O3/c1-3-20(4-2)13-6-5-12(15(22)9-13)10-18-19-16-8-7-14(11-17-16)21(23)24/h5-11,22H,3-4H2,1-2H3,(H,17,19). The first-order valence-electron chi connectivity index (χ1n) is 7.52. The number of phenolic OH excluding ortho intramolecular Hbond substituents is 1. The minimum Gasteiger partial charge on any atom is -0.507 e. The highest BCUT2D eigenvalue weighted by molar-refractivity contribution is 5.84. The summed E-state index contributed by atoms with van der Waals surface area (Å²) in [7, 11) is 0. The average Bonchev–Trinajstić information content (AvgIpc) is 2.58. The summed E-state index contributed by atoms with van der Waals surface area (Å²) in [5, 5.41) is 24.6. The number of pyridine rings is 1. The van der Waals surface area contributed by atoms with Gasteiger partial charge in [0, 0.05) is 36.5 Å². The summed E-state index contributed by atoms with van der Waals surface area (Å²) in [4.78, 5) is 16.0. The first-order valence-corrected chi connectivity index (χ1v) is 7.52. The Morgan fingerprint density at radius 2 is 2.08 bits per heavy atom. The van der Waals surface area contributed by atoms with Crippen LogP contribution in [0.2, 0.25) is 0 Å². The molecule has 1 aromatic carbocycles. The van der Waals surface area contributed by atoms with E-state index >= 15 is 0 Å². The molecule has 2 aromatic rings. The number of phenols is 1. The van der Waals surface area contributed by atoms with E-state index in [1.165, 1.54) is 18.3 Å². The Morgan fingerprint density at radius 1 is 1.33 bits per heavy atom. The second kappa shape index (κ2) is 7.91. The molecule has 0 spiro atoms. The molecular formula is C16H19N5O3. The van der Waals surface area contributed by atoms with E-state index in [4.69, 9.17) is 0 Å². The zero-order valence-corrected chi connectivity index (χ0v) is 13.5. The van der Waals surface area contributed by atoms with Gasteiger partial charge in [-0.2, -0.15) is 5.10 Å². The van der Waals surface area contributed by atoms with Crippen LogP contribution in [0, 0.1) is 10.1 Å². The van der Waals surface area contributed by atoms with Gasteiger partial charge in [-0.15, -0.1) is 0 Å². The highest BCUT2D eigenvalue weighted by atomic mass is 16.6. The van der Waals surface area contributed by atoms with Gasteiger partial charge >= 0.3 is 0 Å². The van der Waals surface area contributed by atoms with Gasteiger partial charge in [0.1, 0.15) is 17.8 Å². The topological polar surface area (TPSA) is 104 Å². The van der Waals surface area contributed by atoms with Crippen LogP contribution in [-0.4, -0.2) is 34.3 Å². The summed E-state index contributed by atoms with van der Waals surface area (Å²) in [6.07, 6.45) is 2.61. The van der Waals surface area contributed by atoms with E-state index in [0.717, 1.165) is 25.0 Å². The lowest BCUT2D eigenvalue weighted by atomic mass is 10.2. The quantitative estimate of drug-likeness (QED) is 0.460. The Labute approximate surface area is 139 Å². The SMILES string of the molecule is CCN(CC)c1ccc(C=NNc2ccc([N+](=O)[O-])cn2)c(O)c1. The second-order valence-electron chi connectivity index (χ2n) is 4.94. The molecule has 0 unspecified atom stereocenters. The van der Waals surface area contributed by atoms with Crippen LogP contribution in [0.3, 0.4) is 0 Å². The minimum absolute atomic E-state index is 0.0887. The van der Waals surface area contributed by atoms with E-state index in [0.29, 0.717) is 11.4 Å². The number of hydrogen-bond donors (Lipinski definition) is 2. The lowest BCUT2D eigenvalue weighted by Crippen LogP contribution is -2.21. The van der Waals surface area contributed by atoms with Gasteiger partial charge in [-0.25, -0.2) is 4.98 Å². The van der Waals surface area contributed by atoms with Crippen molar-refractivity contribution in [2.75, 3.05) is 23.4 Å². The normalized spacial score (nSPS) is 10.8. The van der Waals surface area contributed by atoms with Gasteiger partial charge in [0.05, 0.1) is 11.1 Å². The number of aromatic nitrogens is 1. The van der Waals surface area contributed by atoms with Crippen LogP contribution in [0.1, 0.15) is 19.4 Å². The van der Waals surface area contributed by atoms with Crippen LogP contribution >= 0.6 is 0 Å². The summed E-state index contributed by atoms with van der Waals surface area (Å²) < 4.78 is 0. The molecule has 0 fully saturated rings. The Balaban J connectivity index is 2.05. The van der Waals surface area contributed by atoms with E-state index in [-0.39, 0.29) is 11.4 Å². The number of hydrazone groups is 1. The van der Waals surface area contributed by atoms with Crippen molar-refractivity contribution in [3.8, 4) is 5.75 Å². The molecule has 1 aromatic heterocycles. The molecule has 1 heterocycles. The Morgan fingerprint density at radius 3 is 2.62 bits per heavy atom. The first kappa shape index (κ1) is 17.2. The van der Waals surface area contributed by atoms with Crippen LogP contribution in [0.4, 0.5) is 17.2 Å². The van der Waals surface area contributed by atoms with Crippen LogP contribution in [0.15, 0.2) is 41.6 Å². The third-order valence-electron chi connectivity index (χ3n) is 3.48. The summed E-state index contributed by atoms with van der Waals surface area (Å²) in [5.41, 5.74) is 4.07. The number of nitrogens with zero attached hydrogens (tertiary/aromatic N) is 4. The molecule has 0 atom stereocenters. The molecule has 0 aliphatic rings. The van der Waals surface area contributed by atoms with E-state index < -0.39 is 4.92 Å². The minimum atomic E-state index is -0.518. The number of rotatable bonds is 7. The van der Waals surface area contributed by atoms with E-state index in [1.807, 2.05) is 6.07 Å². The lowest BCUT2D eigenvalue weighted by molar-refractivity contribution is -0.385. The van der Waals surface area contributed by atoms with Crippen LogP contribution in [0.25, 0.3) is 0 Å². The summed E-state index contributed by atoms with van der Waals surface area (Å²) in [5.74, 6) is 0.498. The summed E-state index contributed by atoms with van der Waals surface area (Å²) in [6.45, 7) is 5.82. The number of anilines is 2. The molecule has 126 valence electrons. The molecule has 0 aliphatic heterocycles. The molecule has 0 bridgehead atoms. The van der Waals surface area contributed by atoms with Crippen LogP contribution in [-0.2, 0) is 0 Å². The average molecular weight is 329 g/mol.